The molecule has 1 unspecified atom stereocenters. The number of amidine groups is 1. The van der Waals surface area contributed by atoms with Crippen LogP contribution in [0.2, 0.25) is 0 Å². The molecular formula is C21H21ClFN3O. The van der Waals surface area contributed by atoms with Gasteiger partial charge in [0.25, 0.3) is 0 Å². The lowest BCUT2D eigenvalue weighted by atomic mass is 9.90. The molecule has 3 N–H and O–H groups in total. The fourth-order valence-electron chi connectivity index (χ4n) is 2.86. The van der Waals surface area contributed by atoms with E-state index in [2.05, 4.69) is 4.98 Å². The summed E-state index contributed by atoms with van der Waals surface area (Å²) in [6.45, 7) is 2.25. The Bertz CT molecular complexity index is 915. The van der Waals surface area contributed by atoms with Gasteiger partial charge in [0.05, 0.1) is 11.6 Å². The van der Waals surface area contributed by atoms with E-state index < -0.39 is 5.92 Å². The van der Waals surface area contributed by atoms with Crippen LogP contribution in [0.25, 0.3) is 0 Å². The van der Waals surface area contributed by atoms with E-state index in [1.807, 2.05) is 31.2 Å². The molecule has 1 aromatic heterocycles. The van der Waals surface area contributed by atoms with Crippen LogP contribution >= 0.6 is 12.4 Å². The van der Waals surface area contributed by atoms with Crippen LogP contribution in [0.1, 0.15) is 28.3 Å². The Morgan fingerprint density at radius 1 is 1.11 bits per heavy atom. The number of hydrogen-bond donors (Lipinski definition) is 2. The van der Waals surface area contributed by atoms with Crippen LogP contribution in [0.4, 0.5) is 4.39 Å². The number of nitrogens with zero attached hydrogens (tertiary/aromatic N) is 1. The number of ether oxygens (including phenoxy) is 1. The second-order valence-corrected chi connectivity index (χ2v) is 6.05. The Kier molecular flexibility index (Phi) is 6.91. The standard InChI is InChI=1S/C21H20FN3O.ClH/c1-14-5-2-3-6-17(14)19(21(23)24)20-18(7-4-12-25-20)26-13-15-8-10-16(22)11-9-15;/h2-12,19H,13H2,1H3,(H3,23,24);1H. The van der Waals surface area contributed by atoms with Crippen LogP contribution in [0.5, 0.6) is 5.75 Å². The third-order valence-corrected chi connectivity index (χ3v) is 4.19. The van der Waals surface area contributed by atoms with Crippen LogP contribution in [0.3, 0.4) is 0 Å². The van der Waals surface area contributed by atoms with E-state index in [1.54, 1.807) is 30.5 Å². The molecule has 0 saturated heterocycles. The lowest BCUT2D eigenvalue weighted by Crippen LogP contribution is -2.24. The summed E-state index contributed by atoms with van der Waals surface area (Å²) < 4.78 is 19.0. The van der Waals surface area contributed by atoms with Crippen molar-refractivity contribution in [1.29, 1.82) is 5.41 Å². The first-order chi connectivity index (χ1) is 12.6. The Hall–Kier alpha value is -2.92. The number of rotatable bonds is 6. The minimum absolute atomic E-state index is 0. The van der Waals surface area contributed by atoms with Gasteiger partial charge in [0, 0.05) is 6.20 Å². The van der Waals surface area contributed by atoms with Gasteiger partial charge in [-0.25, -0.2) is 4.39 Å². The van der Waals surface area contributed by atoms with Crippen molar-refractivity contribution < 1.29 is 9.13 Å². The lowest BCUT2D eigenvalue weighted by Gasteiger charge is -2.20. The summed E-state index contributed by atoms with van der Waals surface area (Å²) >= 11 is 0. The van der Waals surface area contributed by atoms with Gasteiger partial charge in [0.15, 0.2) is 0 Å². The molecule has 0 saturated carbocycles. The first-order valence-electron chi connectivity index (χ1n) is 8.28. The number of nitrogens with two attached hydrogens (primary N) is 1. The van der Waals surface area contributed by atoms with Crippen LogP contribution < -0.4 is 10.5 Å². The van der Waals surface area contributed by atoms with Gasteiger partial charge >= 0.3 is 0 Å². The molecule has 0 aliphatic heterocycles. The van der Waals surface area contributed by atoms with E-state index in [9.17, 15) is 4.39 Å². The van der Waals surface area contributed by atoms with Crippen molar-refractivity contribution in [3.05, 3.63) is 95.1 Å². The molecule has 27 heavy (non-hydrogen) atoms. The zero-order valence-corrected chi connectivity index (χ0v) is 15.7. The molecule has 1 heterocycles. The van der Waals surface area contributed by atoms with E-state index in [0.717, 1.165) is 16.7 Å². The molecule has 0 aliphatic rings. The minimum Gasteiger partial charge on any atom is -0.487 e. The summed E-state index contributed by atoms with van der Waals surface area (Å²) in [6, 6.07) is 17.5. The third-order valence-electron chi connectivity index (χ3n) is 4.19. The molecule has 0 aliphatic carbocycles. The average molecular weight is 386 g/mol. The van der Waals surface area contributed by atoms with Crippen molar-refractivity contribution in [1.82, 2.24) is 4.98 Å². The van der Waals surface area contributed by atoms with Crippen molar-refractivity contribution in [3.8, 4) is 5.75 Å². The molecule has 0 spiro atoms. The third kappa shape index (κ3) is 4.83. The van der Waals surface area contributed by atoms with Crippen molar-refractivity contribution in [2.75, 3.05) is 0 Å². The molecule has 140 valence electrons. The summed E-state index contributed by atoms with van der Waals surface area (Å²) in [5.74, 6) is -0.211. The number of halogens is 2. The number of pyridine rings is 1. The van der Waals surface area contributed by atoms with Gasteiger partial charge in [-0.3, -0.25) is 10.4 Å². The fourth-order valence-corrected chi connectivity index (χ4v) is 2.86. The summed E-state index contributed by atoms with van der Waals surface area (Å²) in [5.41, 5.74) is 9.30. The highest BCUT2D eigenvalue weighted by Gasteiger charge is 2.24. The molecule has 6 heteroatoms. The van der Waals surface area contributed by atoms with Crippen LogP contribution in [-0.2, 0) is 6.61 Å². The van der Waals surface area contributed by atoms with E-state index >= 15 is 0 Å². The summed E-state index contributed by atoms with van der Waals surface area (Å²) in [7, 11) is 0. The Labute approximate surface area is 164 Å². The van der Waals surface area contributed by atoms with E-state index in [0.29, 0.717) is 11.4 Å². The predicted molar refractivity (Wildman–Crippen MR) is 107 cm³/mol. The minimum atomic E-state index is -0.486. The van der Waals surface area contributed by atoms with E-state index in [1.165, 1.54) is 12.1 Å². The molecule has 4 nitrogen and oxygen atoms in total. The van der Waals surface area contributed by atoms with Crippen LogP contribution in [0, 0.1) is 18.2 Å². The first-order valence-corrected chi connectivity index (χ1v) is 8.28. The van der Waals surface area contributed by atoms with Crippen LogP contribution in [-0.4, -0.2) is 10.8 Å². The average Bonchev–Trinajstić information content (AvgIpc) is 2.64. The summed E-state index contributed by atoms with van der Waals surface area (Å²) in [5, 5.41) is 8.08. The fraction of sp³-hybridized carbons (Fsp3) is 0.143. The van der Waals surface area contributed by atoms with Gasteiger partial charge in [-0.2, -0.15) is 0 Å². The van der Waals surface area contributed by atoms with Gasteiger partial charge in [0.2, 0.25) is 0 Å². The Morgan fingerprint density at radius 2 is 1.81 bits per heavy atom. The normalized spacial score (nSPS) is 11.3. The SMILES string of the molecule is Cc1ccccc1C(C(=N)N)c1ncccc1OCc1ccc(F)cc1.Cl. The maximum atomic E-state index is 13.0. The number of benzene rings is 2. The number of hydrogen-bond acceptors (Lipinski definition) is 3. The topological polar surface area (TPSA) is 72.0 Å². The number of aryl methyl sites for hydroxylation is 1. The molecule has 3 aromatic rings. The Balaban J connectivity index is 0.00000261. The van der Waals surface area contributed by atoms with Crippen molar-refractivity contribution in [3.63, 3.8) is 0 Å². The second kappa shape index (κ2) is 9.14. The Morgan fingerprint density at radius 3 is 2.48 bits per heavy atom. The molecule has 0 fully saturated rings. The van der Waals surface area contributed by atoms with Gasteiger partial charge < -0.3 is 10.5 Å². The highest BCUT2D eigenvalue weighted by atomic mass is 35.5. The largest absolute Gasteiger partial charge is 0.487 e. The number of nitrogens with one attached hydrogen (secondary N) is 1. The maximum Gasteiger partial charge on any atom is 0.142 e. The summed E-state index contributed by atoms with van der Waals surface area (Å²) in [6.07, 6.45) is 1.66. The van der Waals surface area contributed by atoms with Gasteiger partial charge in [-0.15, -0.1) is 12.4 Å². The first kappa shape index (κ1) is 20.4. The highest BCUT2D eigenvalue weighted by molar-refractivity contribution is 5.88. The molecular weight excluding hydrogens is 365 g/mol. The highest BCUT2D eigenvalue weighted by Crippen LogP contribution is 2.32. The quantitative estimate of drug-likeness (QED) is 0.481. The van der Waals surface area contributed by atoms with E-state index in [-0.39, 0.29) is 30.7 Å². The van der Waals surface area contributed by atoms with Gasteiger partial charge in [-0.05, 0) is 47.9 Å². The lowest BCUT2D eigenvalue weighted by molar-refractivity contribution is 0.301. The molecule has 1 atom stereocenters. The maximum absolute atomic E-state index is 13.0. The van der Waals surface area contributed by atoms with Crippen LogP contribution in [0.15, 0.2) is 66.9 Å². The zero-order valence-electron chi connectivity index (χ0n) is 14.9. The summed E-state index contributed by atoms with van der Waals surface area (Å²) in [4.78, 5) is 4.44. The number of aromatic nitrogens is 1. The van der Waals surface area contributed by atoms with Gasteiger partial charge in [-0.1, -0.05) is 36.4 Å². The predicted octanol–water partition coefficient (Wildman–Crippen LogP) is 4.60. The van der Waals surface area contributed by atoms with Crippen molar-refractivity contribution in [2.24, 2.45) is 5.73 Å². The molecule has 0 radical (unpaired) electrons. The van der Waals surface area contributed by atoms with E-state index in [4.69, 9.17) is 15.9 Å². The van der Waals surface area contributed by atoms with Crippen molar-refractivity contribution >= 4 is 18.2 Å². The monoisotopic (exact) mass is 385 g/mol. The molecule has 0 amide bonds. The smallest absolute Gasteiger partial charge is 0.142 e. The second-order valence-electron chi connectivity index (χ2n) is 6.05. The molecule has 2 aromatic carbocycles. The van der Waals surface area contributed by atoms with Gasteiger partial charge in [0.1, 0.15) is 24.0 Å². The zero-order chi connectivity index (χ0) is 18.5. The molecule has 0 bridgehead atoms. The molecule has 3 rings (SSSR count). The van der Waals surface area contributed by atoms with Crippen molar-refractivity contribution in [2.45, 2.75) is 19.4 Å².